The van der Waals surface area contributed by atoms with Crippen LogP contribution in [0.15, 0.2) is 73.2 Å². The third-order valence-corrected chi connectivity index (χ3v) is 4.34. The fourth-order valence-corrected chi connectivity index (χ4v) is 3.18. The molecule has 3 N–H and O–H groups in total. The normalized spacial score (nSPS) is 18.7. The topological polar surface area (TPSA) is 92.1 Å². The van der Waals surface area contributed by atoms with Gasteiger partial charge in [-0.3, -0.25) is 4.79 Å². The summed E-state index contributed by atoms with van der Waals surface area (Å²) in [6, 6.07) is 15.5. The quantitative estimate of drug-likeness (QED) is 0.677. The first kappa shape index (κ1) is 15.9. The number of phenols is 1. The second-order valence-electron chi connectivity index (χ2n) is 6.05. The van der Waals surface area contributed by atoms with E-state index < -0.39 is 12.0 Å². The van der Waals surface area contributed by atoms with Gasteiger partial charge in [-0.2, -0.15) is 10.1 Å². The third-order valence-electron chi connectivity index (χ3n) is 4.34. The predicted molar refractivity (Wildman–Crippen MR) is 97.6 cm³/mol. The summed E-state index contributed by atoms with van der Waals surface area (Å²) >= 11 is 0. The molecule has 0 unspecified atom stereocenters. The van der Waals surface area contributed by atoms with Gasteiger partial charge < -0.3 is 15.7 Å². The van der Waals surface area contributed by atoms with E-state index in [1.165, 1.54) is 6.33 Å². The van der Waals surface area contributed by atoms with E-state index in [1.807, 2.05) is 36.4 Å². The van der Waals surface area contributed by atoms with Gasteiger partial charge in [-0.05, 0) is 29.8 Å². The number of anilines is 2. The summed E-state index contributed by atoms with van der Waals surface area (Å²) in [7, 11) is 0. The van der Waals surface area contributed by atoms with Crippen molar-refractivity contribution in [2.75, 3.05) is 10.6 Å². The van der Waals surface area contributed by atoms with Crippen LogP contribution in [-0.4, -0.2) is 25.8 Å². The van der Waals surface area contributed by atoms with Crippen LogP contribution in [0.3, 0.4) is 0 Å². The van der Waals surface area contributed by atoms with E-state index >= 15 is 0 Å². The maximum Gasteiger partial charge on any atom is 0.235 e. The first-order valence-corrected chi connectivity index (χ1v) is 8.13. The predicted octanol–water partition coefficient (Wildman–Crippen LogP) is 2.77. The molecule has 1 aliphatic rings. The highest BCUT2D eigenvalue weighted by Crippen LogP contribution is 2.38. The summed E-state index contributed by atoms with van der Waals surface area (Å²) in [4.78, 5) is 17.2. The van der Waals surface area contributed by atoms with Crippen LogP contribution in [0.25, 0.3) is 0 Å². The van der Waals surface area contributed by atoms with Crippen LogP contribution in [-0.2, 0) is 4.79 Å². The zero-order valence-electron chi connectivity index (χ0n) is 13.8. The Kier molecular flexibility index (Phi) is 3.89. The Hall–Kier alpha value is -3.61. The molecule has 0 saturated carbocycles. The first-order valence-electron chi connectivity index (χ1n) is 8.13. The van der Waals surface area contributed by atoms with Gasteiger partial charge in [0.05, 0.1) is 6.04 Å². The highest BCUT2D eigenvalue weighted by atomic mass is 16.3. The fraction of sp³-hybridized carbons (Fsp3) is 0.105. The van der Waals surface area contributed by atoms with Crippen molar-refractivity contribution in [3.63, 3.8) is 0 Å². The van der Waals surface area contributed by atoms with Crippen molar-refractivity contribution in [2.45, 2.75) is 6.04 Å². The lowest BCUT2D eigenvalue weighted by Crippen LogP contribution is -2.39. The third kappa shape index (κ3) is 2.79. The van der Waals surface area contributed by atoms with Crippen molar-refractivity contribution in [1.29, 1.82) is 0 Å². The molecule has 7 nitrogen and oxygen atoms in total. The minimum Gasteiger partial charge on any atom is -0.508 e. The standard InChI is InChI=1S/C19H17N5O2/c1-12-16(18(26)23-14-7-3-2-4-8-14)17(13-6-5-9-15(25)10-13)24-19(22-12)20-11-21-24/h2-11,16-17,25H,1H2,(H,23,26)(H,20,21,22)/t16-,17+/m0/s1. The second-order valence-corrected chi connectivity index (χ2v) is 6.05. The fourth-order valence-electron chi connectivity index (χ4n) is 3.18. The highest BCUT2D eigenvalue weighted by molar-refractivity contribution is 5.95. The van der Waals surface area contributed by atoms with Gasteiger partial charge in [-0.1, -0.05) is 36.9 Å². The van der Waals surface area contributed by atoms with Gasteiger partial charge in [0.1, 0.15) is 18.0 Å². The minimum atomic E-state index is -0.633. The number of hydrogen-bond donors (Lipinski definition) is 3. The molecule has 3 aromatic rings. The number of aromatic hydroxyl groups is 1. The average Bonchev–Trinajstić information content (AvgIpc) is 3.09. The lowest BCUT2D eigenvalue weighted by Gasteiger charge is -2.33. The number of phenolic OH excluding ortho intramolecular Hbond substituents is 1. The van der Waals surface area contributed by atoms with Crippen LogP contribution >= 0.6 is 0 Å². The SMILES string of the molecule is C=C1Nc2ncnn2[C@H](c2cccc(O)c2)[C@H]1C(=O)Nc1ccccc1. The number of nitrogens with one attached hydrogen (secondary N) is 2. The number of amides is 1. The summed E-state index contributed by atoms with van der Waals surface area (Å²) in [6.45, 7) is 4.02. The molecule has 0 fully saturated rings. The Morgan fingerprint density at radius 3 is 2.77 bits per heavy atom. The van der Waals surface area contributed by atoms with Gasteiger partial charge in [0.15, 0.2) is 0 Å². The van der Waals surface area contributed by atoms with E-state index in [4.69, 9.17) is 0 Å². The van der Waals surface area contributed by atoms with Gasteiger partial charge in [-0.15, -0.1) is 0 Å². The summed E-state index contributed by atoms with van der Waals surface area (Å²) < 4.78 is 1.64. The molecule has 2 heterocycles. The van der Waals surface area contributed by atoms with Gasteiger partial charge in [0.2, 0.25) is 11.9 Å². The van der Waals surface area contributed by atoms with Gasteiger partial charge >= 0.3 is 0 Å². The second kappa shape index (κ2) is 6.36. The molecule has 0 saturated heterocycles. The Morgan fingerprint density at radius 2 is 2.00 bits per heavy atom. The number of hydrogen-bond acceptors (Lipinski definition) is 5. The highest BCUT2D eigenvalue weighted by Gasteiger charge is 2.39. The summed E-state index contributed by atoms with van der Waals surface area (Å²) in [5, 5.41) is 20.1. The molecule has 0 aliphatic carbocycles. The number of carbonyl (C=O) groups excluding carboxylic acids is 1. The van der Waals surface area contributed by atoms with Crippen molar-refractivity contribution < 1.29 is 9.90 Å². The van der Waals surface area contributed by atoms with Crippen LogP contribution in [0, 0.1) is 5.92 Å². The molecule has 1 aliphatic heterocycles. The largest absolute Gasteiger partial charge is 0.508 e. The molecule has 1 aromatic heterocycles. The van der Waals surface area contributed by atoms with Crippen molar-refractivity contribution in [3.05, 3.63) is 78.8 Å². The zero-order valence-corrected chi connectivity index (χ0v) is 13.8. The molecule has 2 aromatic carbocycles. The molecular formula is C19H17N5O2. The van der Waals surface area contributed by atoms with Crippen LogP contribution in [0.5, 0.6) is 5.75 Å². The van der Waals surface area contributed by atoms with Crippen LogP contribution in [0.1, 0.15) is 11.6 Å². The van der Waals surface area contributed by atoms with Crippen molar-refractivity contribution in [1.82, 2.24) is 14.8 Å². The first-order chi connectivity index (χ1) is 12.6. The van der Waals surface area contributed by atoms with E-state index in [2.05, 4.69) is 27.3 Å². The molecule has 0 bridgehead atoms. The number of benzene rings is 2. The maximum absolute atomic E-state index is 13.0. The van der Waals surface area contributed by atoms with E-state index in [-0.39, 0.29) is 11.7 Å². The number of fused-ring (bicyclic) bond motifs is 1. The molecular weight excluding hydrogens is 330 g/mol. The number of para-hydroxylation sites is 1. The number of rotatable bonds is 3. The monoisotopic (exact) mass is 347 g/mol. The van der Waals surface area contributed by atoms with Crippen molar-refractivity contribution in [2.24, 2.45) is 5.92 Å². The van der Waals surface area contributed by atoms with Crippen LogP contribution in [0.4, 0.5) is 11.6 Å². The van der Waals surface area contributed by atoms with E-state index in [0.717, 1.165) is 5.56 Å². The van der Waals surface area contributed by atoms with Crippen molar-refractivity contribution >= 4 is 17.5 Å². The lowest BCUT2D eigenvalue weighted by atomic mass is 9.88. The van der Waals surface area contributed by atoms with Gasteiger partial charge in [-0.25, -0.2) is 4.68 Å². The van der Waals surface area contributed by atoms with Gasteiger partial charge in [0, 0.05) is 11.4 Å². The van der Waals surface area contributed by atoms with E-state index in [1.54, 1.807) is 22.9 Å². The number of carbonyl (C=O) groups is 1. The Morgan fingerprint density at radius 1 is 1.19 bits per heavy atom. The maximum atomic E-state index is 13.0. The average molecular weight is 347 g/mol. The zero-order chi connectivity index (χ0) is 18.1. The smallest absolute Gasteiger partial charge is 0.235 e. The van der Waals surface area contributed by atoms with Crippen LogP contribution in [0.2, 0.25) is 0 Å². The number of nitrogens with zero attached hydrogens (tertiary/aromatic N) is 3. The molecule has 2 atom stereocenters. The molecule has 1 amide bonds. The Bertz CT molecular complexity index is 967. The molecule has 130 valence electrons. The molecule has 7 heteroatoms. The molecule has 0 radical (unpaired) electrons. The summed E-state index contributed by atoms with van der Waals surface area (Å²) in [5.74, 6) is -0.225. The van der Waals surface area contributed by atoms with Gasteiger partial charge in [0.25, 0.3) is 0 Å². The van der Waals surface area contributed by atoms with E-state index in [9.17, 15) is 9.90 Å². The lowest BCUT2D eigenvalue weighted by molar-refractivity contribution is -0.119. The minimum absolute atomic E-state index is 0.121. The van der Waals surface area contributed by atoms with Crippen molar-refractivity contribution in [3.8, 4) is 5.75 Å². The summed E-state index contributed by atoms with van der Waals surface area (Å²) in [6.07, 6.45) is 1.42. The molecule has 26 heavy (non-hydrogen) atoms. The molecule has 0 spiro atoms. The number of aromatic nitrogens is 3. The Labute approximate surface area is 150 Å². The van der Waals surface area contributed by atoms with Crippen LogP contribution < -0.4 is 10.6 Å². The molecule has 4 rings (SSSR count). The van der Waals surface area contributed by atoms with E-state index in [0.29, 0.717) is 17.3 Å². The Balaban J connectivity index is 1.75. The summed E-state index contributed by atoms with van der Waals surface area (Å²) in [5.41, 5.74) is 1.96.